The van der Waals surface area contributed by atoms with Gasteiger partial charge in [-0.25, -0.2) is 0 Å². The molecule has 3 aromatic rings. The molecule has 1 aliphatic heterocycles. The number of nitrogens with one attached hydrogen (secondary N) is 1. The lowest BCUT2D eigenvalue weighted by atomic mass is 9.96. The number of amides is 1. The summed E-state index contributed by atoms with van der Waals surface area (Å²) in [7, 11) is 0. The largest absolute Gasteiger partial charge is 0.416 e. The Kier molecular flexibility index (Phi) is 7.72. The van der Waals surface area contributed by atoms with Gasteiger partial charge in [0.1, 0.15) is 5.03 Å². The van der Waals surface area contributed by atoms with E-state index in [9.17, 15) is 18.0 Å². The topological polar surface area (TPSA) is 58.1 Å². The quantitative estimate of drug-likeness (QED) is 0.458. The van der Waals surface area contributed by atoms with E-state index in [4.69, 9.17) is 0 Å². The molecule has 0 aliphatic carbocycles. The molecule has 0 unspecified atom stereocenters. The van der Waals surface area contributed by atoms with Crippen LogP contribution in [-0.2, 0) is 23.3 Å². The average molecular weight is 487 g/mol. The normalized spacial score (nSPS) is 14.7. The molecular weight excluding hydrogens is 461 g/mol. The number of nitrogens with zero attached hydrogens (tertiary/aromatic N) is 3. The Bertz CT molecular complexity index is 1090. The Morgan fingerprint density at radius 3 is 2.38 bits per heavy atom. The second kappa shape index (κ2) is 10.9. The minimum atomic E-state index is -4.39. The Labute approximate surface area is 200 Å². The van der Waals surface area contributed by atoms with E-state index in [1.165, 1.54) is 11.6 Å². The van der Waals surface area contributed by atoms with E-state index in [2.05, 4.69) is 32.5 Å². The first-order chi connectivity index (χ1) is 16.4. The molecule has 1 saturated heterocycles. The average Bonchev–Trinajstić information content (AvgIpc) is 2.87. The molecule has 178 valence electrons. The Balaban J connectivity index is 1.23. The molecule has 1 aliphatic rings. The molecule has 0 saturated carbocycles. The zero-order chi connectivity index (χ0) is 24.0. The lowest BCUT2D eigenvalue weighted by molar-refractivity contribution is -0.137. The van der Waals surface area contributed by atoms with Crippen molar-refractivity contribution >= 4 is 23.5 Å². The number of carbonyl (C=O) groups excluding carboxylic acids is 1. The number of aromatic nitrogens is 2. The van der Waals surface area contributed by atoms with Gasteiger partial charge in [0.05, 0.1) is 5.56 Å². The predicted octanol–water partition coefficient (Wildman–Crippen LogP) is 5.32. The van der Waals surface area contributed by atoms with E-state index >= 15 is 0 Å². The molecule has 0 atom stereocenters. The highest BCUT2D eigenvalue weighted by Crippen LogP contribution is 2.29. The molecule has 1 fully saturated rings. The fourth-order valence-corrected chi connectivity index (χ4v) is 4.62. The van der Waals surface area contributed by atoms with Crippen LogP contribution in [0, 0.1) is 5.92 Å². The molecule has 5 nitrogen and oxygen atoms in total. The number of alkyl halides is 3. The number of thioether (sulfide) groups is 1. The van der Waals surface area contributed by atoms with Crippen LogP contribution in [0.4, 0.5) is 19.0 Å². The maximum atomic E-state index is 12.9. The van der Waals surface area contributed by atoms with Gasteiger partial charge in [0, 0.05) is 31.3 Å². The Morgan fingerprint density at radius 2 is 1.71 bits per heavy atom. The summed E-state index contributed by atoms with van der Waals surface area (Å²) in [6.45, 7) is 1.43. The zero-order valence-electron chi connectivity index (χ0n) is 18.5. The molecule has 2 aromatic carbocycles. The van der Waals surface area contributed by atoms with Gasteiger partial charge in [-0.15, -0.1) is 10.2 Å². The molecule has 1 amide bonds. The maximum absolute atomic E-state index is 12.9. The van der Waals surface area contributed by atoms with Crippen molar-refractivity contribution in [3.05, 3.63) is 83.4 Å². The minimum absolute atomic E-state index is 0.0799. The number of rotatable bonds is 7. The van der Waals surface area contributed by atoms with Gasteiger partial charge in [-0.3, -0.25) is 4.79 Å². The highest BCUT2D eigenvalue weighted by atomic mass is 32.2. The molecular formula is C25H25F3N4OS. The molecule has 1 N–H and O–H groups in total. The highest BCUT2D eigenvalue weighted by molar-refractivity contribution is 7.98. The van der Waals surface area contributed by atoms with Crippen molar-refractivity contribution in [3.63, 3.8) is 0 Å². The van der Waals surface area contributed by atoms with Crippen molar-refractivity contribution in [1.82, 2.24) is 15.5 Å². The molecule has 34 heavy (non-hydrogen) atoms. The van der Waals surface area contributed by atoms with Crippen LogP contribution in [0.2, 0.25) is 0 Å². The molecule has 1 aromatic heterocycles. The van der Waals surface area contributed by atoms with E-state index in [0.29, 0.717) is 31.5 Å². The lowest BCUT2D eigenvalue weighted by Gasteiger charge is -2.31. The summed E-state index contributed by atoms with van der Waals surface area (Å²) in [6, 6.07) is 19.1. The van der Waals surface area contributed by atoms with Crippen molar-refractivity contribution in [1.29, 1.82) is 0 Å². The summed E-state index contributed by atoms with van der Waals surface area (Å²) in [5, 5.41) is 12.3. The zero-order valence-corrected chi connectivity index (χ0v) is 19.3. The molecule has 0 bridgehead atoms. The van der Waals surface area contributed by atoms with Crippen molar-refractivity contribution < 1.29 is 18.0 Å². The standard InChI is InChI=1S/C25H25F3N4OS/c26-25(27,28)21-8-4-7-19(15-21)16-29-24(33)20-11-13-32(14-12-20)22-9-10-23(31-30-22)34-17-18-5-2-1-3-6-18/h1-10,15,20H,11-14,16-17H2,(H,29,33). The molecule has 2 heterocycles. The van der Waals surface area contributed by atoms with Gasteiger partial charge >= 0.3 is 6.18 Å². The van der Waals surface area contributed by atoms with Gasteiger partial charge in [0.15, 0.2) is 5.82 Å². The first kappa shape index (κ1) is 24.1. The summed E-state index contributed by atoms with van der Waals surface area (Å²) >= 11 is 1.63. The van der Waals surface area contributed by atoms with Crippen molar-refractivity contribution in [3.8, 4) is 0 Å². The molecule has 0 spiro atoms. The molecule has 4 rings (SSSR count). The summed E-state index contributed by atoms with van der Waals surface area (Å²) in [5.41, 5.74) is 0.950. The fraction of sp³-hybridized carbons (Fsp3) is 0.320. The third-order valence-corrected chi connectivity index (χ3v) is 6.76. The van der Waals surface area contributed by atoms with Gasteiger partial charge in [0.25, 0.3) is 0 Å². The monoisotopic (exact) mass is 486 g/mol. The second-order valence-electron chi connectivity index (χ2n) is 8.18. The number of hydrogen-bond donors (Lipinski definition) is 1. The van der Waals surface area contributed by atoms with Crippen LogP contribution in [0.25, 0.3) is 0 Å². The molecule has 0 radical (unpaired) electrons. The lowest BCUT2D eigenvalue weighted by Crippen LogP contribution is -2.40. The third kappa shape index (κ3) is 6.50. The second-order valence-corrected chi connectivity index (χ2v) is 9.18. The van der Waals surface area contributed by atoms with Crippen LogP contribution >= 0.6 is 11.8 Å². The fourth-order valence-electron chi connectivity index (χ4n) is 3.85. The van der Waals surface area contributed by atoms with Crippen molar-refractivity contribution in [2.24, 2.45) is 5.92 Å². The Hall–Kier alpha value is -3.07. The number of carbonyl (C=O) groups is 1. The van der Waals surface area contributed by atoms with Crippen molar-refractivity contribution in [2.45, 2.75) is 36.3 Å². The predicted molar refractivity (Wildman–Crippen MR) is 126 cm³/mol. The first-order valence-electron chi connectivity index (χ1n) is 11.1. The maximum Gasteiger partial charge on any atom is 0.416 e. The minimum Gasteiger partial charge on any atom is -0.355 e. The number of piperidine rings is 1. The van der Waals surface area contributed by atoms with E-state index in [1.807, 2.05) is 30.3 Å². The first-order valence-corrected chi connectivity index (χ1v) is 12.1. The summed E-state index contributed by atoms with van der Waals surface area (Å²) in [5.74, 6) is 1.31. The van der Waals surface area contributed by atoms with E-state index < -0.39 is 11.7 Å². The molecule has 9 heteroatoms. The van der Waals surface area contributed by atoms with E-state index in [1.54, 1.807) is 17.8 Å². The number of benzene rings is 2. The van der Waals surface area contributed by atoms with Crippen LogP contribution in [0.15, 0.2) is 71.8 Å². The van der Waals surface area contributed by atoms with Crippen LogP contribution in [0.5, 0.6) is 0 Å². The third-order valence-electron chi connectivity index (χ3n) is 5.77. The number of hydrogen-bond acceptors (Lipinski definition) is 5. The number of anilines is 1. The van der Waals surface area contributed by atoms with E-state index in [0.717, 1.165) is 28.7 Å². The van der Waals surface area contributed by atoms with Gasteiger partial charge < -0.3 is 10.2 Å². The SMILES string of the molecule is O=C(NCc1cccc(C(F)(F)F)c1)C1CCN(c2ccc(SCc3ccccc3)nn2)CC1. The van der Waals surface area contributed by atoms with Gasteiger partial charge in [-0.2, -0.15) is 13.2 Å². The number of halogens is 3. The summed E-state index contributed by atoms with van der Waals surface area (Å²) < 4.78 is 38.6. The van der Waals surface area contributed by atoms with Gasteiger partial charge in [-0.05, 0) is 48.2 Å². The van der Waals surface area contributed by atoms with Crippen molar-refractivity contribution in [2.75, 3.05) is 18.0 Å². The summed E-state index contributed by atoms with van der Waals surface area (Å²) in [4.78, 5) is 14.7. The van der Waals surface area contributed by atoms with Crippen LogP contribution in [0.1, 0.15) is 29.5 Å². The van der Waals surface area contributed by atoms with Crippen LogP contribution in [0.3, 0.4) is 0 Å². The summed E-state index contributed by atoms with van der Waals surface area (Å²) in [6.07, 6.45) is -3.09. The van der Waals surface area contributed by atoms with Crippen LogP contribution in [-0.4, -0.2) is 29.2 Å². The van der Waals surface area contributed by atoms with Gasteiger partial charge in [0.2, 0.25) is 5.91 Å². The van der Waals surface area contributed by atoms with Gasteiger partial charge in [-0.1, -0.05) is 54.2 Å². The smallest absolute Gasteiger partial charge is 0.355 e. The Morgan fingerprint density at radius 1 is 0.971 bits per heavy atom. The van der Waals surface area contributed by atoms with Crippen LogP contribution < -0.4 is 10.2 Å². The van der Waals surface area contributed by atoms with E-state index in [-0.39, 0.29) is 18.4 Å². The highest BCUT2D eigenvalue weighted by Gasteiger charge is 2.30.